The van der Waals surface area contributed by atoms with Crippen LogP contribution in [0.1, 0.15) is 0 Å². The molecule has 0 amide bonds. The van der Waals surface area contributed by atoms with Crippen LogP contribution in [0.25, 0.3) is 0 Å². The normalized spacial score (nSPS) is 9.86. The molecule has 76 valence electrons. The number of hydrogen-bond donors (Lipinski definition) is 2. The lowest BCUT2D eigenvalue weighted by Gasteiger charge is -2.04. The van der Waals surface area contributed by atoms with Gasteiger partial charge >= 0.3 is 0 Å². The van der Waals surface area contributed by atoms with Crippen molar-refractivity contribution in [3.63, 3.8) is 0 Å². The van der Waals surface area contributed by atoms with Gasteiger partial charge in [-0.1, -0.05) is 0 Å². The molecule has 1 aromatic rings. The Morgan fingerprint density at radius 1 is 1.57 bits per heavy atom. The molecule has 0 atom stereocenters. The molecular weight excluding hydrogens is 191 g/mol. The molecule has 0 aliphatic heterocycles. The third-order valence-corrected chi connectivity index (χ3v) is 1.58. The van der Waals surface area contributed by atoms with E-state index in [1.54, 1.807) is 0 Å². The van der Waals surface area contributed by atoms with Crippen molar-refractivity contribution in [1.82, 2.24) is 0 Å². The fourth-order valence-corrected chi connectivity index (χ4v) is 1.000. The van der Waals surface area contributed by atoms with Crippen molar-refractivity contribution in [1.29, 1.82) is 0 Å². The smallest absolute Gasteiger partial charge is 0.292 e. The number of nitro groups is 1. The lowest BCUT2D eigenvalue weighted by atomic mass is 10.2. The minimum atomic E-state index is -0.612. The summed E-state index contributed by atoms with van der Waals surface area (Å²) in [6.45, 7) is -0.0298. The van der Waals surface area contributed by atoms with Crippen molar-refractivity contribution in [2.75, 3.05) is 18.5 Å². The van der Waals surface area contributed by atoms with Crippen molar-refractivity contribution in [2.24, 2.45) is 0 Å². The van der Waals surface area contributed by atoms with Gasteiger partial charge in [0.1, 0.15) is 11.5 Å². The molecule has 1 rings (SSSR count). The van der Waals surface area contributed by atoms with E-state index in [4.69, 9.17) is 5.11 Å². The van der Waals surface area contributed by atoms with Gasteiger partial charge in [0.05, 0.1) is 11.5 Å². The molecule has 1 aromatic carbocycles. The van der Waals surface area contributed by atoms with Crippen molar-refractivity contribution in [3.05, 3.63) is 34.1 Å². The number of nitrogens with one attached hydrogen (secondary N) is 1. The average molecular weight is 200 g/mol. The maximum Gasteiger partial charge on any atom is 0.292 e. The minimum absolute atomic E-state index is 0.0732. The van der Waals surface area contributed by atoms with Crippen molar-refractivity contribution < 1.29 is 14.4 Å². The van der Waals surface area contributed by atoms with Crippen LogP contribution in [0.4, 0.5) is 15.8 Å². The number of benzene rings is 1. The number of aliphatic hydroxyl groups is 1. The number of anilines is 1. The zero-order valence-corrected chi connectivity index (χ0v) is 7.24. The highest BCUT2D eigenvalue weighted by molar-refractivity contribution is 5.61. The molecule has 0 aliphatic carbocycles. The first kappa shape index (κ1) is 10.4. The Hall–Kier alpha value is -1.69. The van der Waals surface area contributed by atoms with Crippen LogP contribution in [-0.2, 0) is 0 Å². The first-order valence-corrected chi connectivity index (χ1v) is 3.94. The lowest BCUT2D eigenvalue weighted by Crippen LogP contribution is -2.07. The van der Waals surface area contributed by atoms with E-state index in [0.29, 0.717) is 0 Å². The number of aliphatic hydroxyl groups excluding tert-OH is 1. The molecule has 6 heteroatoms. The summed E-state index contributed by atoms with van der Waals surface area (Å²) in [4.78, 5) is 9.86. The molecule has 0 spiro atoms. The minimum Gasteiger partial charge on any atom is -0.395 e. The van der Waals surface area contributed by atoms with Crippen LogP contribution >= 0.6 is 0 Å². The standard InChI is InChI=1S/C8H9FN2O3/c9-6-1-2-8(11(13)14)7(5-6)10-3-4-12/h1-2,5,10,12H,3-4H2. The second-order valence-corrected chi connectivity index (χ2v) is 2.57. The summed E-state index contributed by atoms with van der Waals surface area (Å²) in [5, 5.41) is 21.5. The molecule has 0 saturated heterocycles. The molecule has 0 fully saturated rings. The highest BCUT2D eigenvalue weighted by atomic mass is 19.1. The van der Waals surface area contributed by atoms with E-state index in [9.17, 15) is 14.5 Å². The molecule has 2 N–H and O–H groups in total. The Kier molecular flexibility index (Phi) is 3.35. The predicted molar refractivity (Wildman–Crippen MR) is 48.6 cm³/mol. The van der Waals surface area contributed by atoms with Crippen LogP contribution in [0, 0.1) is 15.9 Å². The fraction of sp³-hybridized carbons (Fsp3) is 0.250. The summed E-state index contributed by atoms with van der Waals surface area (Å²) >= 11 is 0. The van der Waals surface area contributed by atoms with E-state index >= 15 is 0 Å². The summed E-state index contributed by atoms with van der Waals surface area (Å²) < 4.78 is 12.7. The van der Waals surface area contributed by atoms with Crippen molar-refractivity contribution >= 4 is 11.4 Å². The van der Waals surface area contributed by atoms with E-state index < -0.39 is 10.7 Å². The second kappa shape index (κ2) is 4.52. The Morgan fingerprint density at radius 2 is 2.29 bits per heavy atom. The predicted octanol–water partition coefficient (Wildman–Crippen LogP) is 1.14. The van der Waals surface area contributed by atoms with E-state index in [1.807, 2.05) is 0 Å². The number of nitro benzene ring substituents is 1. The summed E-state index contributed by atoms with van der Waals surface area (Å²) in [5.41, 5.74) is -0.135. The zero-order valence-electron chi connectivity index (χ0n) is 7.24. The molecule has 0 unspecified atom stereocenters. The fourth-order valence-electron chi connectivity index (χ4n) is 1.000. The molecule has 0 aromatic heterocycles. The molecular formula is C8H9FN2O3. The summed E-state index contributed by atoms with van der Waals surface area (Å²) in [6, 6.07) is 3.12. The summed E-state index contributed by atoms with van der Waals surface area (Å²) in [7, 11) is 0. The van der Waals surface area contributed by atoms with Crippen LogP contribution in [0.5, 0.6) is 0 Å². The van der Waals surface area contributed by atoms with E-state index in [1.165, 1.54) is 0 Å². The van der Waals surface area contributed by atoms with Crippen LogP contribution in [0.2, 0.25) is 0 Å². The summed E-state index contributed by atoms with van der Waals surface area (Å²) in [5.74, 6) is -0.559. The maximum absolute atomic E-state index is 12.7. The number of nitrogens with zero attached hydrogens (tertiary/aromatic N) is 1. The number of rotatable bonds is 4. The van der Waals surface area contributed by atoms with Gasteiger partial charge in [-0.05, 0) is 6.07 Å². The van der Waals surface area contributed by atoms with Gasteiger partial charge in [0.2, 0.25) is 0 Å². The molecule has 0 radical (unpaired) electrons. The molecule has 14 heavy (non-hydrogen) atoms. The van der Waals surface area contributed by atoms with E-state index in [2.05, 4.69) is 5.32 Å². The lowest BCUT2D eigenvalue weighted by molar-refractivity contribution is -0.384. The average Bonchev–Trinajstić information content (AvgIpc) is 2.14. The highest BCUT2D eigenvalue weighted by Crippen LogP contribution is 2.24. The van der Waals surface area contributed by atoms with Gasteiger partial charge in [0, 0.05) is 18.7 Å². The Balaban J connectivity index is 2.97. The van der Waals surface area contributed by atoms with Gasteiger partial charge in [-0.15, -0.1) is 0 Å². The summed E-state index contributed by atoms with van der Waals surface area (Å²) in [6.07, 6.45) is 0. The van der Waals surface area contributed by atoms with Crippen molar-refractivity contribution in [2.45, 2.75) is 0 Å². The van der Waals surface area contributed by atoms with Crippen LogP contribution < -0.4 is 5.32 Å². The Labute approximate surface area is 79.3 Å². The van der Waals surface area contributed by atoms with Crippen LogP contribution in [-0.4, -0.2) is 23.2 Å². The van der Waals surface area contributed by atoms with Gasteiger partial charge in [-0.3, -0.25) is 10.1 Å². The molecule has 0 heterocycles. The SMILES string of the molecule is O=[N+]([O-])c1ccc(F)cc1NCCO. The van der Waals surface area contributed by atoms with E-state index in [0.717, 1.165) is 18.2 Å². The Bertz CT molecular complexity index is 343. The monoisotopic (exact) mass is 200 g/mol. The quantitative estimate of drug-likeness (QED) is 0.564. The van der Waals surface area contributed by atoms with E-state index in [-0.39, 0.29) is 24.5 Å². The third-order valence-electron chi connectivity index (χ3n) is 1.58. The van der Waals surface area contributed by atoms with Gasteiger partial charge < -0.3 is 10.4 Å². The van der Waals surface area contributed by atoms with Gasteiger partial charge in [-0.25, -0.2) is 4.39 Å². The maximum atomic E-state index is 12.7. The molecule has 0 aliphatic rings. The number of hydrogen-bond acceptors (Lipinski definition) is 4. The van der Waals surface area contributed by atoms with Gasteiger partial charge in [0.15, 0.2) is 0 Å². The van der Waals surface area contributed by atoms with Crippen LogP contribution in [0.15, 0.2) is 18.2 Å². The zero-order chi connectivity index (χ0) is 10.6. The van der Waals surface area contributed by atoms with Gasteiger partial charge in [-0.2, -0.15) is 0 Å². The number of halogens is 1. The molecule has 0 saturated carbocycles. The largest absolute Gasteiger partial charge is 0.395 e. The second-order valence-electron chi connectivity index (χ2n) is 2.57. The topological polar surface area (TPSA) is 75.4 Å². The Morgan fingerprint density at radius 3 is 2.86 bits per heavy atom. The van der Waals surface area contributed by atoms with Gasteiger partial charge in [0.25, 0.3) is 5.69 Å². The molecule has 5 nitrogen and oxygen atoms in total. The van der Waals surface area contributed by atoms with Crippen LogP contribution in [0.3, 0.4) is 0 Å². The third kappa shape index (κ3) is 2.40. The first-order valence-electron chi connectivity index (χ1n) is 3.94. The first-order chi connectivity index (χ1) is 6.65. The van der Waals surface area contributed by atoms with Crippen molar-refractivity contribution in [3.8, 4) is 0 Å². The molecule has 0 bridgehead atoms. The highest BCUT2D eigenvalue weighted by Gasteiger charge is 2.13.